The Morgan fingerprint density at radius 2 is 2.02 bits per heavy atom. The van der Waals surface area contributed by atoms with Crippen molar-refractivity contribution >= 4 is 40.6 Å². The third-order valence-electron chi connectivity index (χ3n) is 7.16. The molecule has 0 saturated carbocycles. The maximum atomic E-state index is 13.1. The van der Waals surface area contributed by atoms with Crippen LogP contribution in [0.4, 0.5) is 24.8 Å². The van der Waals surface area contributed by atoms with Crippen LogP contribution >= 0.6 is 11.6 Å². The predicted octanol–water partition coefficient (Wildman–Crippen LogP) is 4.37. The number of pyridine rings is 1. The first-order valence-corrected chi connectivity index (χ1v) is 14.2. The van der Waals surface area contributed by atoms with Crippen molar-refractivity contribution in [3.05, 3.63) is 64.8 Å². The normalized spacial score (nSPS) is 17.7. The Morgan fingerprint density at radius 1 is 1.27 bits per heavy atom. The molecule has 4 N–H and O–H groups in total. The van der Waals surface area contributed by atoms with Gasteiger partial charge in [-0.2, -0.15) is 13.2 Å². The minimum absolute atomic E-state index is 0.0724. The number of rotatable bonds is 7. The van der Waals surface area contributed by atoms with E-state index in [0.29, 0.717) is 22.6 Å². The summed E-state index contributed by atoms with van der Waals surface area (Å²) in [5, 5.41) is 12.5. The highest BCUT2D eigenvalue weighted by atomic mass is 35.5. The van der Waals surface area contributed by atoms with Gasteiger partial charge in [-0.15, -0.1) is 0 Å². The van der Waals surface area contributed by atoms with E-state index in [4.69, 9.17) is 31.8 Å². The Labute approximate surface area is 259 Å². The fourth-order valence-electron chi connectivity index (χ4n) is 4.99. The van der Waals surface area contributed by atoms with E-state index in [-0.39, 0.29) is 53.9 Å². The van der Waals surface area contributed by atoms with E-state index < -0.39 is 35.8 Å². The second kappa shape index (κ2) is 12.5. The molecule has 1 aliphatic rings. The predicted molar refractivity (Wildman–Crippen MR) is 158 cm³/mol. The van der Waals surface area contributed by atoms with E-state index in [1.165, 1.54) is 30.2 Å². The van der Waals surface area contributed by atoms with E-state index in [1.54, 1.807) is 24.3 Å². The summed E-state index contributed by atoms with van der Waals surface area (Å²) in [6.07, 6.45) is -4.28. The third-order valence-corrected chi connectivity index (χ3v) is 7.43. The first-order valence-electron chi connectivity index (χ1n) is 13.8. The summed E-state index contributed by atoms with van der Waals surface area (Å²) in [6, 6.07) is 5.65. The number of carbonyl (C=O) groups is 2. The number of nitrogens with one attached hydrogen (secondary N) is 1. The lowest BCUT2D eigenvalue weighted by atomic mass is 10.1. The van der Waals surface area contributed by atoms with Gasteiger partial charge in [-0.3, -0.25) is 14.0 Å². The van der Waals surface area contributed by atoms with Crippen molar-refractivity contribution in [1.29, 1.82) is 0 Å². The Bertz CT molecular complexity index is 1760. The molecule has 0 radical (unpaired) electrons. The smallest absolute Gasteiger partial charge is 0.416 e. The molecule has 1 saturated heterocycles. The largest absolute Gasteiger partial charge is 0.493 e. The molecule has 1 aliphatic heterocycles. The van der Waals surface area contributed by atoms with Crippen LogP contribution in [-0.4, -0.2) is 73.1 Å². The van der Waals surface area contributed by atoms with Gasteiger partial charge in [-0.25, -0.2) is 15.0 Å². The number of carbonyl (C=O) groups excluding carboxylic acids is 2. The van der Waals surface area contributed by atoms with Crippen LogP contribution in [0.3, 0.4) is 0 Å². The highest BCUT2D eigenvalue weighted by molar-refractivity contribution is 6.30. The quantitative estimate of drug-likeness (QED) is 0.265. The van der Waals surface area contributed by atoms with E-state index in [9.17, 15) is 27.9 Å². The number of aliphatic hydroxyl groups excluding tert-OH is 1. The summed E-state index contributed by atoms with van der Waals surface area (Å²) < 4.78 is 52.9. The van der Waals surface area contributed by atoms with Crippen LogP contribution in [0.2, 0.25) is 5.15 Å². The molecule has 2 amide bonds. The molecule has 0 spiro atoms. The van der Waals surface area contributed by atoms with Crippen LogP contribution in [0.5, 0.6) is 5.75 Å². The number of aromatic nitrogens is 4. The number of fused-ring (bicyclic) bond motifs is 1. The maximum absolute atomic E-state index is 13.1. The summed E-state index contributed by atoms with van der Waals surface area (Å²) in [6.45, 7) is 5.36. The number of benzene rings is 1. The average molecular weight is 648 g/mol. The second-order valence-electron chi connectivity index (χ2n) is 10.3. The zero-order valence-electron chi connectivity index (χ0n) is 24.3. The topological polar surface area (TPSA) is 157 Å². The second-order valence-corrected chi connectivity index (χ2v) is 10.7. The highest BCUT2D eigenvalue weighted by Gasteiger charge is 2.36. The summed E-state index contributed by atoms with van der Waals surface area (Å²) in [7, 11) is 0. The zero-order chi connectivity index (χ0) is 32.6. The highest BCUT2D eigenvalue weighted by Crippen LogP contribution is 2.39. The SMILES string of the molecule is CCOc1cc(C(=O)Nc2cc(C(F)(F)F)ccn2)ccc1-c1nc([C@H]2CN(C(=O)C(C)O)[C@@H](C)CO2)n2c(Cl)cnc(N)c12. The van der Waals surface area contributed by atoms with Gasteiger partial charge in [-0.05, 0) is 51.1 Å². The molecule has 4 aromatic rings. The molecule has 16 heteroatoms. The number of hydrogen-bond donors (Lipinski definition) is 3. The molecule has 12 nitrogen and oxygen atoms in total. The zero-order valence-corrected chi connectivity index (χ0v) is 25.1. The van der Waals surface area contributed by atoms with Crippen molar-refractivity contribution < 1.29 is 37.3 Å². The molecule has 3 aromatic heterocycles. The van der Waals surface area contributed by atoms with Crippen LogP contribution in [-0.2, 0) is 15.7 Å². The van der Waals surface area contributed by atoms with Crippen LogP contribution < -0.4 is 15.8 Å². The van der Waals surface area contributed by atoms with Crippen molar-refractivity contribution in [2.24, 2.45) is 0 Å². The minimum Gasteiger partial charge on any atom is -0.493 e. The van der Waals surface area contributed by atoms with E-state index in [2.05, 4.69) is 15.3 Å². The molecule has 1 fully saturated rings. The molecule has 3 atom stereocenters. The molecular weight excluding hydrogens is 619 g/mol. The van der Waals surface area contributed by atoms with E-state index in [1.807, 2.05) is 0 Å². The molecule has 5 rings (SSSR count). The lowest BCUT2D eigenvalue weighted by molar-refractivity contribution is -0.152. The molecule has 0 aliphatic carbocycles. The summed E-state index contributed by atoms with van der Waals surface area (Å²) in [5.74, 6) is -0.848. The van der Waals surface area contributed by atoms with Gasteiger partial charge in [0, 0.05) is 17.3 Å². The lowest BCUT2D eigenvalue weighted by Crippen LogP contribution is -2.51. The monoisotopic (exact) mass is 647 g/mol. The first kappa shape index (κ1) is 31.9. The molecule has 4 heterocycles. The van der Waals surface area contributed by atoms with Gasteiger partial charge < -0.3 is 30.5 Å². The van der Waals surface area contributed by atoms with Gasteiger partial charge in [0.15, 0.2) is 0 Å². The van der Waals surface area contributed by atoms with Crippen LogP contribution in [0.25, 0.3) is 16.8 Å². The fourth-order valence-corrected chi connectivity index (χ4v) is 5.21. The number of hydrogen-bond acceptors (Lipinski definition) is 9. The van der Waals surface area contributed by atoms with Crippen molar-refractivity contribution in [2.45, 2.75) is 45.2 Å². The van der Waals surface area contributed by atoms with Crippen LogP contribution in [0.15, 0.2) is 42.7 Å². The van der Waals surface area contributed by atoms with E-state index >= 15 is 0 Å². The number of nitrogen functional groups attached to an aromatic ring is 1. The summed E-state index contributed by atoms with van der Waals surface area (Å²) in [5.41, 5.74) is 6.45. The lowest BCUT2D eigenvalue weighted by Gasteiger charge is -2.38. The van der Waals surface area contributed by atoms with Gasteiger partial charge in [0.1, 0.15) is 51.8 Å². The summed E-state index contributed by atoms with van der Waals surface area (Å²) >= 11 is 6.58. The number of halogens is 4. The van der Waals surface area contributed by atoms with Gasteiger partial charge in [-0.1, -0.05) is 11.6 Å². The standard InChI is InChI=1S/C29H29ClF3N7O5/c1-4-44-19-9-16(27(42)37-22-10-17(7-8-35-22)29(31,32)33)5-6-18(19)23-24-25(34)36-11-21(30)40(24)26(38-23)20-12-39(14(2)13-45-20)28(43)15(3)41/h5-11,14-15,20,41H,4,12-13H2,1-3H3,(H2,34,36)(H,35,37,42)/t14-,15?,20+/m0/s1. The number of nitrogens with two attached hydrogens (primary N) is 1. The number of nitrogens with zero attached hydrogens (tertiary/aromatic N) is 5. The number of aliphatic hydroxyl groups is 1. The molecule has 1 unspecified atom stereocenters. The Hall–Kier alpha value is -4.47. The first-order chi connectivity index (χ1) is 21.3. The summed E-state index contributed by atoms with van der Waals surface area (Å²) in [4.78, 5) is 40.1. The Kier molecular flexibility index (Phi) is 8.87. The van der Waals surface area contributed by atoms with Crippen LogP contribution in [0, 0.1) is 0 Å². The Morgan fingerprint density at radius 3 is 2.71 bits per heavy atom. The van der Waals surface area contributed by atoms with Gasteiger partial charge in [0.05, 0.1) is 37.6 Å². The van der Waals surface area contributed by atoms with Gasteiger partial charge in [0.2, 0.25) is 0 Å². The van der Waals surface area contributed by atoms with Crippen molar-refractivity contribution in [1.82, 2.24) is 24.3 Å². The third kappa shape index (κ3) is 6.36. The maximum Gasteiger partial charge on any atom is 0.416 e. The number of alkyl halides is 3. The van der Waals surface area contributed by atoms with Gasteiger partial charge >= 0.3 is 6.18 Å². The Balaban J connectivity index is 1.55. The van der Waals surface area contributed by atoms with Crippen molar-refractivity contribution in [2.75, 3.05) is 30.8 Å². The van der Waals surface area contributed by atoms with Crippen molar-refractivity contribution in [3.8, 4) is 17.0 Å². The van der Waals surface area contributed by atoms with E-state index in [0.717, 1.165) is 18.3 Å². The van der Waals surface area contributed by atoms with Gasteiger partial charge in [0.25, 0.3) is 11.8 Å². The van der Waals surface area contributed by atoms with Crippen LogP contribution in [0.1, 0.15) is 48.6 Å². The molecular formula is C29H29ClF3N7O5. The number of amides is 2. The number of ether oxygens (including phenoxy) is 2. The minimum atomic E-state index is -4.61. The molecule has 0 bridgehead atoms. The number of morpholine rings is 1. The average Bonchev–Trinajstić information content (AvgIpc) is 3.40. The molecule has 45 heavy (non-hydrogen) atoms. The fraction of sp³-hybridized carbons (Fsp3) is 0.345. The van der Waals surface area contributed by atoms with Crippen molar-refractivity contribution in [3.63, 3.8) is 0 Å². The molecule has 1 aromatic carbocycles. The molecule has 238 valence electrons. The number of imidazole rings is 1. The number of anilines is 2.